The van der Waals surface area contributed by atoms with E-state index in [-0.39, 0.29) is 5.46 Å². The Balaban J connectivity index is 2.96. The van der Waals surface area contributed by atoms with Crippen molar-refractivity contribution in [1.29, 1.82) is 0 Å². The van der Waals surface area contributed by atoms with Crippen LogP contribution in [-0.4, -0.2) is 27.3 Å². The van der Waals surface area contributed by atoms with Crippen LogP contribution in [0.2, 0.25) is 0 Å². The zero-order chi connectivity index (χ0) is 9.14. The van der Waals surface area contributed by atoms with Gasteiger partial charge in [-0.2, -0.15) is 0 Å². The summed E-state index contributed by atoms with van der Waals surface area (Å²) in [6.07, 6.45) is 2.18. The van der Waals surface area contributed by atoms with Crippen molar-refractivity contribution in [3.63, 3.8) is 0 Å². The highest BCUT2D eigenvalue weighted by Gasteiger charge is 2.12. The van der Waals surface area contributed by atoms with E-state index in [1.165, 1.54) is 18.5 Å². The van der Waals surface area contributed by atoms with Gasteiger partial charge in [0.1, 0.15) is 0 Å². The molecule has 1 aromatic rings. The van der Waals surface area contributed by atoms with Crippen LogP contribution in [0.25, 0.3) is 0 Å². The Morgan fingerprint density at radius 1 is 1.42 bits per heavy atom. The minimum Gasteiger partial charge on any atom is -0.423 e. The average Bonchev–Trinajstić information content (AvgIpc) is 2.04. The van der Waals surface area contributed by atoms with E-state index in [9.17, 15) is 0 Å². The number of aromatic nitrogens is 1. The van der Waals surface area contributed by atoms with E-state index in [2.05, 4.69) is 4.98 Å². The summed E-state index contributed by atoms with van der Waals surface area (Å²) in [4.78, 5) is 3.75. The molecule has 0 aromatic carbocycles. The molecule has 5 heteroatoms. The van der Waals surface area contributed by atoms with Gasteiger partial charge in [-0.25, -0.2) is 0 Å². The molecule has 4 nitrogen and oxygen atoms in total. The number of aliphatic hydroxyl groups is 1. The van der Waals surface area contributed by atoms with Crippen LogP contribution >= 0.6 is 0 Å². The largest absolute Gasteiger partial charge is 0.490 e. The van der Waals surface area contributed by atoms with E-state index in [0.717, 1.165) is 0 Å². The van der Waals surface area contributed by atoms with Gasteiger partial charge in [0.05, 0.1) is 6.10 Å². The van der Waals surface area contributed by atoms with Crippen molar-refractivity contribution >= 4 is 12.6 Å². The van der Waals surface area contributed by atoms with Crippen LogP contribution in [0.5, 0.6) is 0 Å². The Hall–Kier alpha value is -0.905. The molecule has 0 radical (unpaired) electrons. The van der Waals surface area contributed by atoms with Gasteiger partial charge in [0, 0.05) is 17.9 Å². The van der Waals surface area contributed by atoms with Crippen LogP contribution in [0.1, 0.15) is 18.6 Å². The molecule has 0 aliphatic rings. The highest BCUT2D eigenvalue weighted by molar-refractivity contribution is 6.58. The third-order valence-electron chi connectivity index (χ3n) is 1.56. The number of rotatable bonds is 2. The summed E-state index contributed by atoms with van der Waals surface area (Å²) in [5, 5.41) is 26.7. The third kappa shape index (κ3) is 2.04. The van der Waals surface area contributed by atoms with Crippen LogP contribution < -0.4 is 5.46 Å². The van der Waals surface area contributed by atoms with Crippen LogP contribution in [0.15, 0.2) is 18.5 Å². The topological polar surface area (TPSA) is 73.6 Å². The first kappa shape index (κ1) is 9.19. The van der Waals surface area contributed by atoms with Crippen molar-refractivity contribution in [3.05, 3.63) is 24.0 Å². The summed E-state index contributed by atoms with van der Waals surface area (Å²) in [5.74, 6) is 0. The minimum atomic E-state index is -1.53. The van der Waals surface area contributed by atoms with Crippen molar-refractivity contribution in [2.45, 2.75) is 13.0 Å². The Labute approximate surface area is 70.7 Å². The lowest BCUT2D eigenvalue weighted by Gasteiger charge is -2.05. The Bertz CT molecular complexity index is 241. The summed E-state index contributed by atoms with van der Waals surface area (Å²) < 4.78 is 0. The van der Waals surface area contributed by atoms with Gasteiger partial charge in [-0.15, -0.1) is 0 Å². The summed E-state index contributed by atoms with van der Waals surface area (Å²) in [7, 11) is -1.53. The van der Waals surface area contributed by atoms with E-state index in [0.29, 0.717) is 5.56 Å². The molecule has 0 aliphatic carbocycles. The van der Waals surface area contributed by atoms with Gasteiger partial charge in [0.15, 0.2) is 0 Å². The quantitative estimate of drug-likeness (QED) is 0.484. The fourth-order valence-corrected chi connectivity index (χ4v) is 0.846. The fraction of sp³-hybridized carbons (Fsp3) is 0.286. The van der Waals surface area contributed by atoms with Gasteiger partial charge < -0.3 is 15.2 Å². The van der Waals surface area contributed by atoms with Crippen molar-refractivity contribution in [2.24, 2.45) is 0 Å². The van der Waals surface area contributed by atoms with Gasteiger partial charge in [0.2, 0.25) is 0 Å². The summed E-state index contributed by atoms with van der Waals surface area (Å²) >= 11 is 0. The van der Waals surface area contributed by atoms with E-state index in [4.69, 9.17) is 15.2 Å². The van der Waals surface area contributed by atoms with Crippen LogP contribution in [0.3, 0.4) is 0 Å². The lowest BCUT2D eigenvalue weighted by molar-refractivity contribution is 0.199. The first-order valence-electron chi connectivity index (χ1n) is 3.60. The molecule has 3 N–H and O–H groups in total. The van der Waals surface area contributed by atoms with E-state index < -0.39 is 13.2 Å². The van der Waals surface area contributed by atoms with E-state index in [1.54, 1.807) is 6.92 Å². The van der Waals surface area contributed by atoms with Gasteiger partial charge in [-0.3, -0.25) is 4.98 Å². The predicted octanol–water partition coefficient (Wildman–Crippen LogP) is -1.19. The molecular formula is C7H10BNO3. The molecule has 1 aromatic heterocycles. The van der Waals surface area contributed by atoms with Crippen LogP contribution in [0.4, 0.5) is 0 Å². The molecule has 0 fully saturated rings. The summed E-state index contributed by atoms with van der Waals surface area (Å²) in [5.41, 5.74) is 0.856. The second-order valence-corrected chi connectivity index (χ2v) is 2.60. The van der Waals surface area contributed by atoms with Crippen molar-refractivity contribution < 1.29 is 15.2 Å². The fourth-order valence-electron chi connectivity index (χ4n) is 0.846. The monoisotopic (exact) mass is 167 g/mol. The summed E-state index contributed by atoms with van der Waals surface area (Å²) in [6.45, 7) is 1.59. The molecule has 1 heterocycles. The second-order valence-electron chi connectivity index (χ2n) is 2.60. The molecule has 1 unspecified atom stereocenters. The molecule has 64 valence electrons. The molecule has 12 heavy (non-hydrogen) atoms. The number of aliphatic hydroxyl groups excluding tert-OH is 1. The normalized spacial score (nSPS) is 12.7. The first-order chi connectivity index (χ1) is 5.61. The second kappa shape index (κ2) is 3.66. The zero-order valence-electron chi connectivity index (χ0n) is 6.68. The molecule has 0 spiro atoms. The molecule has 1 rings (SSSR count). The SMILES string of the molecule is CC(O)c1cncc(B(O)O)c1. The smallest absolute Gasteiger partial charge is 0.423 e. The highest BCUT2D eigenvalue weighted by Crippen LogP contribution is 2.07. The zero-order valence-corrected chi connectivity index (χ0v) is 6.68. The van der Waals surface area contributed by atoms with Crippen molar-refractivity contribution in [2.75, 3.05) is 0 Å². The van der Waals surface area contributed by atoms with Crippen LogP contribution in [-0.2, 0) is 0 Å². The van der Waals surface area contributed by atoms with Gasteiger partial charge in [-0.1, -0.05) is 6.07 Å². The maximum atomic E-state index is 9.13. The highest BCUT2D eigenvalue weighted by atomic mass is 16.4. The standard InChI is InChI=1S/C7H10BNO3/c1-5(10)6-2-7(8(11)12)4-9-3-6/h2-5,10-12H,1H3. The number of pyridine rings is 1. The molecule has 1 atom stereocenters. The summed E-state index contributed by atoms with van der Waals surface area (Å²) in [6, 6.07) is 1.50. The minimum absolute atomic E-state index is 0.286. The number of nitrogens with zero attached hydrogens (tertiary/aromatic N) is 1. The third-order valence-corrected chi connectivity index (χ3v) is 1.56. The molecular weight excluding hydrogens is 157 g/mol. The van der Waals surface area contributed by atoms with Gasteiger partial charge >= 0.3 is 7.12 Å². The Kier molecular flexibility index (Phi) is 2.81. The Morgan fingerprint density at radius 3 is 2.58 bits per heavy atom. The number of hydrogen-bond acceptors (Lipinski definition) is 4. The molecule has 0 saturated heterocycles. The van der Waals surface area contributed by atoms with Gasteiger partial charge in [0.25, 0.3) is 0 Å². The lowest BCUT2D eigenvalue weighted by atomic mass is 9.81. The maximum absolute atomic E-state index is 9.13. The van der Waals surface area contributed by atoms with Crippen LogP contribution in [0, 0.1) is 0 Å². The lowest BCUT2D eigenvalue weighted by Crippen LogP contribution is -2.30. The molecule has 0 amide bonds. The van der Waals surface area contributed by atoms with E-state index in [1.807, 2.05) is 0 Å². The van der Waals surface area contributed by atoms with Crippen molar-refractivity contribution in [1.82, 2.24) is 4.98 Å². The molecule has 0 bridgehead atoms. The van der Waals surface area contributed by atoms with Crippen molar-refractivity contribution in [3.8, 4) is 0 Å². The molecule has 0 saturated carbocycles. The average molecular weight is 167 g/mol. The first-order valence-corrected chi connectivity index (χ1v) is 3.60. The van der Waals surface area contributed by atoms with Gasteiger partial charge in [-0.05, 0) is 12.5 Å². The predicted molar refractivity (Wildman–Crippen MR) is 44.7 cm³/mol. The molecule has 0 aliphatic heterocycles. The van der Waals surface area contributed by atoms with E-state index >= 15 is 0 Å². The Morgan fingerprint density at radius 2 is 2.08 bits per heavy atom. The maximum Gasteiger partial charge on any atom is 0.490 e. The number of hydrogen-bond donors (Lipinski definition) is 3.